The third kappa shape index (κ3) is 3.82. The minimum atomic E-state index is -0.886. The molecule has 8 heteroatoms. The Kier molecular flexibility index (Phi) is 5.34. The molecule has 2 aliphatic rings. The smallest absolute Gasteiger partial charge is 0.232 e. The number of ether oxygens (including phenoxy) is 1. The summed E-state index contributed by atoms with van der Waals surface area (Å²) in [6.45, 7) is 4.95. The van der Waals surface area contributed by atoms with E-state index in [9.17, 15) is 9.90 Å². The number of hydrogen-bond donors (Lipinski definition) is 4. The lowest BCUT2D eigenvalue weighted by atomic mass is 9.85. The molecule has 3 heterocycles. The number of amides is 1. The SMILES string of the molecule is Cc1ccc(Nc2cccc([C@]3(C)CC(=O)N(C4CCOCC4)C(=N)N3)c2O)cn1. The summed E-state index contributed by atoms with van der Waals surface area (Å²) in [5, 5.41) is 25.8. The first-order valence-electron chi connectivity index (χ1n) is 10.2. The average molecular weight is 409 g/mol. The number of nitrogens with one attached hydrogen (secondary N) is 3. The first-order valence-corrected chi connectivity index (χ1v) is 10.2. The van der Waals surface area contributed by atoms with Crippen molar-refractivity contribution in [2.24, 2.45) is 0 Å². The minimum Gasteiger partial charge on any atom is -0.505 e. The van der Waals surface area contributed by atoms with Crippen LogP contribution < -0.4 is 10.6 Å². The number of pyridine rings is 1. The monoisotopic (exact) mass is 409 g/mol. The maximum Gasteiger partial charge on any atom is 0.232 e. The van der Waals surface area contributed by atoms with Gasteiger partial charge in [0.25, 0.3) is 0 Å². The van der Waals surface area contributed by atoms with Gasteiger partial charge >= 0.3 is 0 Å². The molecule has 0 bridgehead atoms. The Hall–Kier alpha value is -3.13. The molecule has 2 saturated heterocycles. The summed E-state index contributed by atoms with van der Waals surface area (Å²) >= 11 is 0. The van der Waals surface area contributed by atoms with Gasteiger partial charge in [-0.3, -0.25) is 20.1 Å². The lowest BCUT2D eigenvalue weighted by Crippen LogP contribution is -2.62. The molecule has 0 spiro atoms. The fourth-order valence-electron chi connectivity index (χ4n) is 4.16. The second kappa shape index (κ2) is 7.95. The molecule has 4 rings (SSSR count). The number of phenols is 1. The van der Waals surface area contributed by atoms with E-state index >= 15 is 0 Å². The third-order valence-electron chi connectivity index (χ3n) is 5.79. The van der Waals surface area contributed by atoms with Gasteiger partial charge < -0.3 is 20.5 Å². The van der Waals surface area contributed by atoms with Crippen molar-refractivity contribution in [1.29, 1.82) is 5.41 Å². The van der Waals surface area contributed by atoms with E-state index in [2.05, 4.69) is 15.6 Å². The average Bonchev–Trinajstić information content (AvgIpc) is 2.71. The second-order valence-corrected chi connectivity index (χ2v) is 8.10. The Morgan fingerprint density at radius 3 is 2.73 bits per heavy atom. The summed E-state index contributed by atoms with van der Waals surface area (Å²) in [6.07, 6.45) is 3.30. The van der Waals surface area contributed by atoms with Gasteiger partial charge in [-0.15, -0.1) is 0 Å². The number of rotatable bonds is 4. The zero-order valence-electron chi connectivity index (χ0n) is 17.2. The van der Waals surface area contributed by atoms with Crippen LogP contribution in [0.25, 0.3) is 0 Å². The minimum absolute atomic E-state index is 0.0218. The third-order valence-corrected chi connectivity index (χ3v) is 5.79. The number of aromatic hydroxyl groups is 1. The van der Waals surface area contributed by atoms with Crippen LogP contribution in [-0.4, -0.2) is 46.1 Å². The molecule has 0 saturated carbocycles. The first-order chi connectivity index (χ1) is 14.4. The summed E-state index contributed by atoms with van der Waals surface area (Å²) in [5.74, 6) is 0.00276. The van der Waals surface area contributed by atoms with E-state index in [1.165, 1.54) is 0 Å². The molecule has 0 aliphatic carbocycles. The van der Waals surface area contributed by atoms with Crippen LogP contribution in [0.4, 0.5) is 11.4 Å². The maximum absolute atomic E-state index is 13.0. The van der Waals surface area contributed by atoms with Gasteiger partial charge in [0.2, 0.25) is 5.91 Å². The van der Waals surface area contributed by atoms with Gasteiger partial charge in [0.15, 0.2) is 5.96 Å². The van der Waals surface area contributed by atoms with Crippen molar-refractivity contribution in [3.05, 3.63) is 47.8 Å². The molecule has 0 radical (unpaired) electrons. The number of benzene rings is 1. The molecule has 4 N–H and O–H groups in total. The van der Waals surface area contributed by atoms with E-state index in [-0.39, 0.29) is 30.1 Å². The molecule has 8 nitrogen and oxygen atoms in total. The van der Waals surface area contributed by atoms with Gasteiger partial charge in [-0.05, 0) is 44.9 Å². The molecular weight excluding hydrogens is 382 g/mol. The lowest BCUT2D eigenvalue weighted by Gasteiger charge is -2.44. The number of carbonyl (C=O) groups excluding carboxylic acids is 1. The maximum atomic E-state index is 13.0. The molecule has 1 aromatic heterocycles. The lowest BCUT2D eigenvalue weighted by molar-refractivity contribution is -0.133. The molecule has 1 aromatic carbocycles. The van der Waals surface area contributed by atoms with E-state index in [1.807, 2.05) is 32.0 Å². The topological polar surface area (TPSA) is 111 Å². The summed E-state index contributed by atoms with van der Waals surface area (Å²) in [4.78, 5) is 18.8. The summed E-state index contributed by atoms with van der Waals surface area (Å²) in [6, 6.07) is 9.13. The van der Waals surface area contributed by atoms with Crippen LogP contribution in [0.15, 0.2) is 36.5 Å². The second-order valence-electron chi connectivity index (χ2n) is 8.10. The quantitative estimate of drug-likeness (QED) is 0.578. The van der Waals surface area contributed by atoms with Gasteiger partial charge in [-0.2, -0.15) is 0 Å². The van der Waals surface area contributed by atoms with Crippen molar-refractivity contribution in [3.8, 4) is 5.75 Å². The number of anilines is 2. The van der Waals surface area contributed by atoms with Crippen molar-refractivity contribution < 1.29 is 14.6 Å². The predicted octanol–water partition coefficient (Wildman–Crippen LogP) is 2.99. The number of aryl methyl sites for hydroxylation is 1. The van der Waals surface area contributed by atoms with E-state index in [0.717, 1.165) is 24.2 Å². The molecule has 1 atom stereocenters. The van der Waals surface area contributed by atoms with Gasteiger partial charge in [0.05, 0.1) is 29.5 Å². The fraction of sp³-hybridized carbons (Fsp3) is 0.409. The summed E-state index contributed by atoms with van der Waals surface area (Å²) in [5.41, 5.74) is 1.86. The Morgan fingerprint density at radius 2 is 2.07 bits per heavy atom. The van der Waals surface area contributed by atoms with Crippen LogP contribution in [0.3, 0.4) is 0 Å². The van der Waals surface area contributed by atoms with Gasteiger partial charge in [0, 0.05) is 30.5 Å². The molecule has 2 aliphatic heterocycles. The predicted molar refractivity (Wildman–Crippen MR) is 114 cm³/mol. The number of para-hydroxylation sites is 1. The van der Waals surface area contributed by atoms with E-state index in [4.69, 9.17) is 10.1 Å². The number of carbonyl (C=O) groups is 1. The fourth-order valence-corrected chi connectivity index (χ4v) is 4.16. The van der Waals surface area contributed by atoms with Gasteiger partial charge in [-0.25, -0.2) is 0 Å². The summed E-state index contributed by atoms with van der Waals surface area (Å²) in [7, 11) is 0. The highest BCUT2D eigenvalue weighted by Crippen LogP contribution is 2.40. The van der Waals surface area contributed by atoms with E-state index < -0.39 is 5.54 Å². The van der Waals surface area contributed by atoms with Crippen LogP contribution in [0.5, 0.6) is 5.75 Å². The van der Waals surface area contributed by atoms with Crippen molar-refractivity contribution in [3.63, 3.8) is 0 Å². The first kappa shape index (κ1) is 20.2. The highest BCUT2D eigenvalue weighted by atomic mass is 16.5. The zero-order valence-corrected chi connectivity index (χ0v) is 17.2. The van der Waals surface area contributed by atoms with Crippen molar-refractivity contribution in [2.75, 3.05) is 18.5 Å². The van der Waals surface area contributed by atoms with Crippen molar-refractivity contribution in [2.45, 2.75) is 44.7 Å². The van der Waals surface area contributed by atoms with Crippen LogP contribution in [0.1, 0.15) is 37.4 Å². The number of hydrogen-bond acceptors (Lipinski definition) is 6. The molecular formula is C22H27N5O3. The molecule has 0 unspecified atom stereocenters. The van der Waals surface area contributed by atoms with Crippen LogP contribution >= 0.6 is 0 Å². The van der Waals surface area contributed by atoms with Crippen molar-refractivity contribution >= 4 is 23.2 Å². The number of guanidine groups is 1. The Labute approximate surface area is 175 Å². The number of aromatic nitrogens is 1. The highest BCUT2D eigenvalue weighted by Gasteiger charge is 2.43. The number of phenolic OH excluding ortho intramolecular Hbond substituents is 1. The van der Waals surface area contributed by atoms with Gasteiger partial charge in [-0.1, -0.05) is 12.1 Å². The molecule has 30 heavy (non-hydrogen) atoms. The standard InChI is InChI=1S/C22H27N5O3/c1-14-6-7-15(13-24-14)25-18-5-3-4-17(20(18)29)22(2)12-19(28)27(21(23)26-22)16-8-10-30-11-9-16/h3-7,13,16,25,29H,8-12H2,1-2H3,(H2,23,26)/t22-/m0/s1. The molecule has 2 aromatic rings. The molecule has 158 valence electrons. The van der Waals surface area contributed by atoms with Crippen molar-refractivity contribution in [1.82, 2.24) is 15.2 Å². The number of nitrogens with zero attached hydrogens (tertiary/aromatic N) is 2. The van der Waals surface area contributed by atoms with Gasteiger partial charge in [0.1, 0.15) is 5.75 Å². The van der Waals surface area contributed by atoms with E-state index in [1.54, 1.807) is 23.2 Å². The largest absolute Gasteiger partial charge is 0.505 e. The highest BCUT2D eigenvalue weighted by molar-refractivity contribution is 5.99. The van der Waals surface area contributed by atoms with Crippen LogP contribution in [0.2, 0.25) is 0 Å². The molecule has 2 fully saturated rings. The Bertz CT molecular complexity index is 936. The normalized spacial score (nSPS) is 22.7. The molecule has 1 amide bonds. The Morgan fingerprint density at radius 1 is 1.30 bits per heavy atom. The van der Waals surface area contributed by atoms with Crippen LogP contribution in [0, 0.1) is 12.3 Å². The van der Waals surface area contributed by atoms with Crippen LogP contribution in [-0.2, 0) is 15.1 Å². The summed E-state index contributed by atoms with van der Waals surface area (Å²) < 4.78 is 5.38. The zero-order chi connectivity index (χ0) is 21.3. The Balaban J connectivity index is 1.58. The van der Waals surface area contributed by atoms with E-state index in [0.29, 0.717) is 24.5 Å².